The predicted octanol–water partition coefficient (Wildman–Crippen LogP) is 5.08. The smallest absolute Gasteiger partial charge is 0.187 e. The van der Waals surface area contributed by atoms with Crippen LogP contribution in [0.15, 0.2) is 86.2 Å². The Morgan fingerprint density at radius 1 is 1.08 bits per heavy atom. The van der Waals surface area contributed by atoms with Gasteiger partial charge in [-0.25, -0.2) is 0 Å². The van der Waals surface area contributed by atoms with Gasteiger partial charge in [0.1, 0.15) is 5.76 Å². The highest BCUT2D eigenvalue weighted by atomic mass is 35.5. The van der Waals surface area contributed by atoms with Gasteiger partial charge in [0.2, 0.25) is 0 Å². The van der Waals surface area contributed by atoms with Crippen molar-refractivity contribution in [3.05, 3.63) is 83.1 Å². The maximum atomic E-state index is 5.89. The third kappa shape index (κ3) is 5.91. The van der Waals surface area contributed by atoms with Gasteiger partial charge >= 0.3 is 0 Å². The van der Waals surface area contributed by atoms with Crippen LogP contribution in [0.5, 0.6) is 0 Å². The summed E-state index contributed by atoms with van der Waals surface area (Å²) >= 11 is 12.6. The highest BCUT2D eigenvalue weighted by Crippen LogP contribution is 2.29. The minimum absolute atomic E-state index is 0.451. The first kappa shape index (κ1) is 18.5. The molecule has 0 aliphatic rings. The molecule has 26 heavy (non-hydrogen) atoms. The molecule has 0 atom stereocenters. The van der Waals surface area contributed by atoms with E-state index in [0.29, 0.717) is 22.4 Å². The van der Waals surface area contributed by atoms with Crippen LogP contribution in [0.2, 0.25) is 5.02 Å². The molecule has 132 valence electrons. The van der Waals surface area contributed by atoms with Crippen LogP contribution in [0.1, 0.15) is 11.3 Å². The normalized spacial score (nSPS) is 10.8. The standard InChI is InChI=1S/C19H16ClN3OS2/c20-15-6-9-17(10-7-15)26-18-11-8-16(24-18)13-22-23-19(25)21-12-14-4-2-1-3-5-14/h1-11,13H,12H2,(H2,21,23,25)/b22-13-. The molecule has 0 aliphatic carbocycles. The molecule has 0 amide bonds. The van der Waals surface area contributed by atoms with Crippen molar-refractivity contribution in [2.45, 2.75) is 16.5 Å². The highest BCUT2D eigenvalue weighted by Gasteiger charge is 2.03. The molecule has 3 aromatic rings. The third-order valence-electron chi connectivity index (χ3n) is 3.29. The number of nitrogens with zero attached hydrogens (tertiary/aromatic N) is 1. The molecule has 1 heterocycles. The van der Waals surface area contributed by atoms with Crippen molar-refractivity contribution in [3.63, 3.8) is 0 Å². The Morgan fingerprint density at radius 2 is 1.85 bits per heavy atom. The molecule has 0 saturated carbocycles. The van der Waals surface area contributed by atoms with Gasteiger partial charge in [0.25, 0.3) is 0 Å². The number of furan rings is 1. The Hall–Kier alpha value is -2.28. The monoisotopic (exact) mass is 401 g/mol. The van der Waals surface area contributed by atoms with Gasteiger partial charge in [-0.1, -0.05) is 53.7 Å². The largest absolute Gasteiger partial charge is 0.448 e. The molecule has 0 radical (unpaired) electrons. The van der Waals surface area contributed by atoms with Crippen LogP contribution in [-0.2, 0) is 6.54 Å². The second-order valence-corrected chi connectivity index (χ2v) is 7.17. The first-order valence-corrected chi connectivity index (χ1v) is 9.43. The zero-order valence-corrected chi connectivity index (χ0v) is 16.1. The zero-order chi connectivity index (χ0) is 18.2. The second kappa shape index (κ2) is 9.43. The van der Waals surface area contributed by atoms with Crippen molar-refractivity contribution >= 4 is 46.9 Å². The summed E-state index contributed by atoms with van der Waals surface area (Å²) in [6.45, 7) is 0.644. The average Bonchev–Trinajstić information content (AvgIpc) is 3.10. The van der Waals surface area contributed by atoms with Gasteiger partial charge in [-0.05, 0) is 54.2 Å². The number of hydrazone groups is 1. The van der Waals surface area contributed by atoms with E-state index in [4.69, 9.17) is 28.2 Å². The molecular formula is C19H16ClN3OS2. The van der Waals surface area contributed by atoms with Crippen LogP contribution in [0.25, 0.3) is 0 Å². The van der Waals surface area contributed by atoms with E-state index in [2.05, 4.69) is 15.8 Å². The number of halogens is 1. The summed E-state index contributed by atoms with van der Waals surface area (Å²) in [5, 5.41) is 9.12. The minimum atomic E-state index is 0.451. The van der Waals surface area contributed by atoms with E-state index < -0.39 is 0 Å². The fourth-order valence-corrected chi connectivity index (χ4v) is 3.08. The second-order valence-electron chi connectivity index (χ2n) is 5.25. The number of rotatable bonds is 6. The Morgan fingerprint density at radius 3 is 2.62 bits per heavy atom. The van der Waals surface area contributed by atoms with Crippen LogP contribution in [-0.4, -0.2) is 11.3 Å². The molecule has 2 aromatic carbocycles. The molecule has 0 bridgehead atoms. The van der Waals surface area contributed by atoms with E-state index in [0.717, 1.165) is 15.6 Å². The Balaban J connectivity index is 1.46. The summed E-state index contributed by atoms with van der Waals surface area (Å²) in [5.74, 6) is 0.639. The van der Waals surface area contributed by atoms with Crippen LogP contribution in [0, 0.1) is 0 Å². The van der Waals surface area contributed by atoms with Crippen molar-refractivity contribution in [2.24, 2.45) is 5.10 Å². The Kier molecular flexibility index (Phi) is 6.71. The number of nitrogens with one attached hydrogen (secondary N) is 2. The summed E-state index contributed by atoms with van der Waals surface area (Å²) in [6, 6.07) is 21.4. The van der Waals surface area contributed by atoms with E-state index in [9.17, 15) is 0 Å². The molecule has 7 heteroatoms. The fourth-order valence-electron chi connectivity index (χ4n) is 2.05. The molecule has 0 aliphatic heterocycles. The molecule has 0 spiro atoms. The van der Waals surface area contributed by atoms with Crippen molar-refractivity contribution in [1.82, 2.24) is 10.7 Å². The lowest BCUT2D eigenvalue weighted by molar-refractivity contribution is 0.469. The number of thiocarbonyl (C=S) groups is 1. The van der Waals surface area contributed by atoms with Gasteiger partial charge in [0.15, 0.2) is 10.2 Å². The lowest BCUT2D eigenvalue weighted by atomic mass is 10.2. The van der Waals surface area contributed by atoms with E-state index in [1.165, 1.54) is 11.8 Å². The Bertz CT molecular complexity index is 879. The van der Waals surface area contributed by atoms with Crippen molar-refractivity contribution in [1.29, 1.82) is 0 Å². The fraction of sp³-hybridized carbons (Fsp3) is 0.0526. The SMILES string of the molecule is S=C(NCc1ccccc1)N/N=C\c1ccc(Sc2ccc(Cl)cc2)o1. The number of benzene rings is 2. The number of hydrogen-bond donors (Lipinski definition) is 2. The summed E-state index contributed by atoms with van der Waals surface area (Å²) in [5.41, 5.74) is 3.92. The summed E-state index contributed by atoms with van der Waals surface area (Å²) in [6.07, 6.45) is 1.59. The van der Waals surface area contributed by atoms with E-state index in [1.807, 2.05) is 66.7 Å². The van der Waals surface area contributed by atoms with Gasteiger partial charge < -0.3 is 9.73 Å². The zero-order valence-electron chi connectivity index (χ0n) is 13.7. The maximum Gasteiger partial charge on any atom is 0.187 e. The highest BCUT2D eigenvalue weighted by molar-refractivity contribution is 7.99. The van der Waals surface area contributed by atoms with Gasteiger partial charge in [-0.15, -0.1) is 0 Å². The third-order valence-corrected chi connectivity index (χ3v) is 4.70. The van der Waals surface area contributed by atoms with Crippen LogP contribution in [0.4, 0.5) is 0 Å². The number of hydrogen-bond acceptors (Lipinski definition) is 4. The first-order chi connectivity index (χ1) is 12.7. The summed E-state index contributed by atoms with van der Waals surface area (Å²) < 4.78 is 5.71. The van der Waals surface area contributed by atoms with Crippen LogP contribution >= 0.6 is 35.6 Å². The molecule has 0 unspecified atom stereocenters. The molecule has 0 fully saturated rings. The first-order valence-electron chi connectivity index (χ1n) is 7.83. The minimum Gasteiger partial charge on any atom is -0.448 e. The molecule has 3 rings (SSSR count). The quantitative estimate of drug-likeness (QED) is 0.342. The van der Waals surface area contributed by atoms with E-state index in [-0.39, 0.29) is 0 Å². The van der Waals surface area contributed by atoms with E-state index in [1.54, 1.807) is 6.21 Å². The summed E-state index contributed by atoms with van der Waals surface area (Å²) in [4.78, 5) is 1.05. The van der Waals surface area contributed by atoms with Gasteiger partial charge in [0, 0.05) is 16.5 Å². The Labute approximate surface area is 166 Å². The molecule has 1 aromatic heterocycles. The van der Waals surface area contributed by atoms with Crippen molar-refractivity contribution in [3.8, 4) is 0 Å². The lowest BCUT2D eigenvalue weighted by Gasteiger charge is -2.06. The molecule has 4 nitrogen and oxygen atoms in total. The molecular weight excluding hydrogens is 386 g/mol. The van der Waals surface area contributed by atoms with Crippen molar-refractivity contribution < 1.29 is 4.42 Å². The molecule has 0 saturated heterocycles. The summed E-state index contributed by atoms with van der Waals surface area (Å²) in [7, 11) is 0. The maximum absolute atomic E-state index is 5.89. The van der Waals surface area contributed by atoms with Gasteiger partial charge in [-0.2, -0.15) is 5.10 Å². The van der Waals surface area contributed by atoms with Crippen molar-refractivity contribution in [2.75, 3.05) is 0 Å². The lowest BCUT2D eigenvalue weighted by Crippen LogP contribution is -2.31. The molecule has 2 N–H and O–H groups in total. The van der Waals surface area contributed by atoms with Crippen LogP contribution in [0.3, 0.4) is 0 Å². The van der Waals surface area contributed by atoms with Gasteiger partial charge in [0.05, 0.1) is 6.21 Å². The van der Waals surface area contributed by atoms with E-state index >= 15 is 0 Å². The van der Waals surface area contributed by atoms with Crippen LogP contribution < -0.4 is 10.7 Å². The topological polar surface area (TPSA) is 49.6 Å². The average molecular weight is 402 g/mol. The predicted molar refractivity (Wildman–Crippen MR) is 111 cm³/mol. The van der Waals surface area contributed by atoms with Gasteiger partial charge in [-0.3, -0.25) is 5.43 Å².